The van der Waals surface area contributed by atoms with E-state index in [4.69, 9.17) is 4.74 Å². The summed E-state index contributed by atoms with van der Waals surface area (Å²) >= 11 is 0. The van der Waals surface area contributed by atoms with Gasteiger partial charge in [-0.3, -0.25) is 9.48 Å². The van der Waals surface area contributed by atoms with Gasteiger partial charge in [-0.05, 0) is 55.5 Å². The molecule has 0 fully saturated rings. The van der Waals surface area contributed by atoms with Gasteiger partial charge in [-0.2, -0.15) is 5.10 Å². The summed E-state index contributed by atoms with van der Waals surface area (Å²) in [5, 5.41) is 7.21. The molecule has 1 aliphatic rings. The Morgan fingerprint density at radius 3 is 2.87 bits per heavy atom. The predicted molar refractivity (Wildman–Crippen MR) is 83.8 cm³/mol. The van der Waals surface area contributed by atoms with Gasteiger partial charge in [0.25, 0.3) is 5.91 Å². The maximum atomic E-state index is 12.8. The van der Waals surface area contributed by atoms with Gasteiger partial charge in [0.15, 0.2) is 6.61 Å². The van der Waals surface area contributed by atoms with Gasteiger partial charge in [0.2, 0.25) is 0 Å². The highest BCUT2D eigenvalue weighted by Gasteiger charge is 2.14. The molecule has 1 amide bonds. The highest BCUT2D eigenvalue weighted by atomic mass is 19.1. The van der Waals surface area contributed by atoms with E-state index in [1.165, 1.54) is 48.4 Å². The zero-order chi connectivity index (χ0) is 16.1. The number of halogens is 1. The molecule has 1 aliphatic carbocycles. The van der Waals surface area contributed by atoms with Crippen molar-refractivity contribution < 1.29 is 13.9 Å². The summed E-state index contributed by atoms with van der Waals surface area (Å²) in [5.74, 6) is -0.0533. The number of aryl methyl sites for hydroxylation is 1. The summed E-state index contributed by atoms with van der Waals surface area (Å²) in [5.41, 5.74) is 2.63. The van der Waals surface area contributed by atoms with E-state index in [-0.39, 0.29) is 18.3 Å². The minimum Gasteiger partial charge on any atom is -0.484 e. The Balaban J connectivity index is 1.41. The first-order valence-corrected chi connectivity index (χ1v) is 7.91. The Kier molecular flexibility index (Phi) is 4.90. The van der Waals surface area contributed by atoms with Gasteiger partial charge in [0.1, 0.15) is 11.6 Å². The number of hydrogen-bond acceptors (Lipinski definition) is 3. The van der Waals surface area contributed by atoms with Crippen molar-refractivity contribution >= 4 is 5.91 Å². The smallest absolute Gasteiger partial charge is 0.258 e. The topological polar surface area (TPSA) is 56.1 Å². The molecular formula is C17H20FN3O2. The lowest BCUT2D eigenvalue weighted by Gasteiger charge is -2.14. The number of aromatic nitrogens is 2. The van der Waals surface area contributed by atoms with Crippen LogP contribution in [0, 0.1) is 5.82 Å². The van der Waals surface area contributed by atoms with Crippen LogP contribution >= 0.6 is 0 Å². The molecule has 0 atom stereocenters. The number of amides is 1. The van der Waals surface area contributed by atoms with Crippen molar-refractivity contribution in [2.24, 2.45) is 0 Å². The maximum absolute atomic E-state index is 12.8. The van der Waals surface area contributed by atoms with E-state index in [2.05, 4.69) is 10.4 Å². The van der Waals surface area contributed by atoms with E-state index in [0.29, 0.717) is 18.8 Å². The van der Waals surface area contributed by atoms with Crippen molar-refractivity contribution in [3.8, 4) is 5.75 Å². The average molecular weight is 317 g/mol. The fraction of sp³-hybridized carbons (Fsp3) is 0.412. The molecule has 0 bridgehead atoms. The van der Waals surface area contributed by atoms with Crippen LogP contribution in [0.15, 0.2) is 30.5 Å². The summed E-state index contributed by atoms with van der Waals surface area (Å²) in [6.07, 6.45) is 6.55. The normalized spacial score (nSPS) is 13.4. The van der Waals surface area contributed by atoms with E-state index in [0.717, 1.165) is 12.8 Å². The van der Waals surface area contributed by atoms with Gasteiger partial charge in [0.05, 0.1) is 12.7 Å². The second-order valence-corrected chi connectivity index (χ2v) is 5.64. The third-order valence-electron chi connectivity index (χ3n) is 3.97. The first kappa shape index (κ1) is 15.5. The van der Waals surface area contributed by atoms with Gasteiger partial charge < -0.3 is 10.1 Å². The first-order valence-electron chi connectivity index (χ1n) is 7.91. The van der Waals surface area contributed by atoms with Gasteiger partial charge >= 0.3 is 0 Å². The van der Waals surface area contributed by atoms with Crippen molar-refractivity contribution in [1.29, 1.82) is 0 Å². The van der Waals surface area contributed by atoms with Crippen LogP contribution in [-0.4, -0.2) is 28.8 Å². The van der Waals surface area contributed by atoms with Crippen molar-refractivity contribution in [1.82, 2.24) is 15.1 Å². The monoisotopic (exact) mass is 317 g/mol. The minimum absolute atomic E-state index is 0.0805. The van der Waals surface area contributed by atoms with Crippen molar-refractivity contribution in [3.05, 3.63) is 47.5 Å². The third kappa shape index (κ3) is 4.09. The molecule has 0 unspecified atom stereocenters. The van der Waals surface area contributed by atoms with E-state index < -0.39 is 0 Å². The van der Waals surface area contributed by atoms with Crippen LogP contribution in [0.1, 0.15) is 24.1 Å². The SMILES string of the molecule is O=C(COc1ccc(F)cc1)NCCn1ncc2c1CCCC2. The number of hydrogen-bond donors (Lipinski definition) is 1. The predicted octanol–water partition coefficient (Wildman–Crippen LogP) is 2.10. The lowest BCUT2D eigenvalue weighted by atomic mass is 9.98. The van der Waals surface area contributed by atoms with Crippen LogP contribution < -0.4 is 10.1 Å². The van der Waals surface area contributed by atoms with Gasteiger partial charge in [-0.25, -0.2) is 4.39 Å². The van der Waals surface area contributed by atoms with Crippen LogP contribution in [0.3, 0.4) is 0 Å². The molecule has 0 spiro atoms. The number of nitrogens with one attached hydrogen (secondary N) is 1. The van der Waals surface area contributed by atoms with Gasteiger partial charge in [-0.15, -0.1) is 0 Å². The van der Waals surface area contributed by atoms with Crippen molar-refractivity contribution in [3.63, 3.8) is 0 Å². The number of carbonyl (C=O) groups excluding carboxylic acids is 1. The summed E-state index contributed by atoms with van der Waals surface area (Å²) in [4.78, 5) is 11.8. The molecule has 2 aromatic rings. The summed E-state index contributed by atoms with van der Waals surface area (Å²) in [7, 11) is 0. The fourth-order valence-corrected chi connectivity index (χ4v) is 2.78. The average Bonchev–Trinajstić information content (AvgIpc) is 2.98. The highest BCUT2D eigenvalue weighted by Crippen LogP contribution is 2.20. The molecule has 23 heavy (non-hydrogen) atoms. The minimum atomic E-state index is -0.329. The number of ether oxygens (including phenoxy) is 1. The molecule has 122 valence electrons. The fourth-order valence-electron chi connectivity index (χ4n) is 2.78. The van der Waals surface area contributed by atoms with Crippen LogP contribution in [0.2, 0.25) is 0 Å². The standard InChI is InChI=1S/C17H20FN3O2/c18-14-5-7-15(8-6-14)23-12-17(22)19-9-10-21-16-4-2-1-3-13(16)11-20-21/h5-8,11H,1-4,9-10,12H2,(H,19,22). The number of nitrogens with zero attached hydrogens (tertiary/aromatic N) is 2. The lowest BCUT2D eigenvalue weighted by Crippen LogP contribution is -2.32. The van der Waals surface area contributed by atoms with Gasteiger partial charge in [0, 0.05) is 12.2 Å². The Bertz CT molecular complexity index is 667. The molecule has 0 radical (unpaired) electrons. The third-order valence-corrected chi connectivity index (χ3v) is 3.97. The quantitative estimate of drug-likeness (QED) is 0.887. The van der Waals surface area contributed by atoms with Gasteiger partial charge in [-0.1, -0.05) is 0 Å². The lowest BCUT2D eigenvalue weighted by molar-refractivity contribution is -0.123. The zero-order valence-electron chi connectivity index (χ0n) is 12.9. The molecule has 1 heterocycles. The molecule has 5 nitrogen and oxygen atoms in total. The van der Waals surface area contributed by atoms with Crippen LogP contribution in [0.25, 0.3) is 0 Å². The largest absolute Gasteiger partial charge is 0.484 e. The number of fused-ring (bicyclic) bond motifs is 1. The summed E-state index contributed by atoms with van der Waals surface area (Å²) in [6, 6.07) is 5.60. The maximum Gasteiger partial charge on any atom is 0.258 e. The Morgan fingerprint density at radius 2 is 2.04 bits per heavy atom. The van der Waals surface area contributed by atoms with Crippen molar-refractivity contribution in [2.75, 3.05) is 13.2 Å². The second kappa shape index (κ2) is 7.26. The van der Waals surface area contributed by atoms with E-state index in [1.54, 1.807) is 0 Å². The number of carbonyl (C=O) groups is 1. The van der Waals surface area contributed by atoms with Crippen LogP contribution in [0.4, 0.5) is 4.39 Å². The Labute approximate surface area is 134 Å². The molecule has 6 heteroatoms. The molecule has 3 rings (SSSR count). The van der Waals surface area contributed by atoms with E-state index >= 15 is 0 Å². The molecule has 0 saturated heterocycles. The highest BCUT2D eigenvalue weighted by molar-refractivity contribution is 5.77. The second-order valence-electron chi connectivity index (χ2n) is 5.64. The van der Waals surface area contributed by atoms with E-state index in [9.17, 15) is 9.18 Å². The molecule has 1 aromatic heterocycles. The molecule has 1 N–H and O–H groups in total. The first-order chi connectivity index (χ1) is 11.2. The van der Waals surface area contributed by atoms with Crippen LogP contribution in [-0.2, 0) is 24.2 Å². The molecular weight excluding hydrogens is 297 g/mol. The zero-order valence-corrected chi connectivity index (χ0v) is 12.9. The van der Waals surface area contributed by atoms with Crippen LogP contribution in [0.5, 0.6) is 5.75 Å². The summed E-state index contributed by atoms with van der Waals surface area (Å²) < 4.78 is 20.0. The Morgan fingerprint density at radius 1 is 1.26 bits per heavy atom. The molecule has 0 saturated carbocycles. The molecule has 1 aromatic carbocycles. The van der Waals surface area contributed by atoms with Crippen molar-refractivity contribution in [2.45, 2.75) is 32.2 Å². The number of rotatable bonds is 6. The Hall–Kier alpha value is -2.37. The van der Waals surface area contributed by atoms with E-state index in [1.807, 2.05) is 10.9 Å². The molecule has 0 aliphatic heterocycles. The number of benzene rings is 1. The summed E-state index contributed by atoms with van der Waals surface area (Å²) in [6.45, 7) is 1.10.